The van der Waals surface area contributed by atoms with Gasteiger partial charge in [-0.25, -0.2) is 0 Å². The second-order valence-corrected chi connectivity index (χ2v) is 3.72. The van der Waals surface area contributed by atoms with Gasteiger partial charge < -0.3 is 4.98 Å². The zero-order valence-electron chi connectivity index (χ0n) is 6.17. The van der Waals surface area contributed by atoms with Crippen LogP contribution in [0.3, 0.4) is 0 Å². The van der Waals surface area contributed by atoms with Crippen LogP contribution in [0.5, 0.6) is 0 Å². The van der Waals surface area contributed by atoms with Crippen LogP contribution in [0.25, 0.3) is 10.9 Å². The van der Waals surface area contributed by atoms with Crippen molar-refractivity contribution in [3.05, 3.63) is 33.5 Å². The molecular formula is C9H6INO. The number of benzene rings is 1. The Labute approximate surface area is 83.1 Å². The van der Waals surface area contributed by atoms with E-state index in [1.165, 1.54) is 0 Å². The van der Waals surface area contributed by atoms with Crippen molar-refractivity contribution in [1.82, 2.24) is 4.98 Å². The second-order valence-electron chi connectivity index (χ2n) is 2.56. The van der Waals surface area contributed by atoms with Gasteiger partial charge in [-0.05, 0) is 40.8 Å². The Bertz CT molecular complexity index is 433. The number of hydrogen-bond acceptors (Lipinski definition) is 1. The van der Waals surface area contributed by atoms with E-state index in [0.29, 0.717) is 0 Å². The highest BCUT2D eigenvalue weighted by Crippen LogP contribution is 2.20. The number of halogens is 1. The molecule has 0 aliphatic rings. The fraction of sp³-hybridized carbons (Fsp3) is 0. The number of aldehydes is 1. The highest BCUT2D eigenvalue weighted by molar-refractivity contribution is 14.1. The molecule has 1 N–H and O–H groups in total. The van der Waals surface area contributed by atoms with Gasteiger partial charge >= 0.3 is 0 Å². The molecule has 12 heavy (non-hydrogen) atoms. The van der Waals surface area contributed by atoms with Crippen LogP contribution in [0, 0.1) is 3.57 Å². The van der Waals surface area contributed by atoms with Gasteiger partial charge in [-0.2, -0.15) is 0 Å². The first-order valence-corrected chi connectivity index (χ1v) is 4.61. The summed E-state index contributed by atoms with van der Waals surface area (Å²) in [7, 11) is 0. The van der Waals surface area contributed by atoms with Crippen LogP contribution in [0.2, 0.25) is 0 Å². The number of aromatic amines is 1. The molecule has 0 radical (unpaired) electrons. The van der Waals surface area contributed by atoms with Gasteiger partial charge in [0.25, 0.3) is 0 Å². The first kappa shape index (κ1) is 7.79. The van der Waals surface area contributed by atoms with E-state index < -0.39 is 0 Å². The number of nitrogens with one attached hydrogen (secondary N) is 1. The smallest absolute Gasteiger partial charge is 0.150 e. The number of H-pyrrole nitrogens is 1. The van der Waals surface area contributed by atoms with E-state index in [1.54, 1.807) is 0 Å². The minimum Gasteiger partial charge on any atom is -0.360 e. The van der Waals surface area contributed by atoms with Crippen LogP contribution >= 0.6 is 22.6 Å². The molecule has 0 aliphatic heterocycles. The highest BCUT2D eigenvalue weighted by atomic mass is 127. The lowest BCUT2D eigenvalue weighted by Gasteiger charge is -1.91. The van der Waals surface area contributed by atoms with Crippen molar-refractivity contribution in [1.29, 1.82) is 0 Å². The Morgan fingerprint density at radius 2 is 2.25 bits per heavy atom. The van der Waals surface area contributed by atoms with Crippen LogP contribution in [0.15, 0.2) is 24.4 Å². The lowest BCUT2D eigenvalue weighted by molar-refractivity contribution is 0.112. The number of carbonyl (C=O) groups excluding carboxylic acids is 1. The molecule has 60 valence electrons. The predicted octanol–water partition coefficient (Wildman–Crippen LogP) is 2.59. The maximum Gasteiger partial charge on any atom is 0.150 e. The van der Waals surface area contributed by atoms with E-state index in [0.717, 1.165) is 26.3 Å². The number of hydrogen-bond donors (Lipinski definition) is 1. The molecule has 0 saturated carbocycles. The topological polar surface area (TPSA) is 32.9 Å². The molecule has 0 fully saturated rings. The quantitative estimate of drug-likeness (QED) is 0.627. The Kier molecular flexibility index (Phi) is 1.88. The van der Waals surface area contributed by atoms with Crippen LogP contribution < -0.4 is 0 Å². The molecule has 0 amide bonds. The molecule has 1 heterocycles. The average molecular weight is 271 g/mol. The van der Waals surface area contributed by atoms with Crippen molar-refractivity contribution in [2.45, 2.75) is 0 Å². The van der Waals surface area contributed by atoms with Crippen molar-refractivity contribution >= 4 is 39.8 Å². The summed E-state index contributed by atoms with van der Waals surface area (Å²) in [6, 6.07) is 5.61. The van der Waals surface area contributed by atoms with Crippen LogP contribution in [0.4, 0.5) is 0 Å². The van der Waals surface area contributed by atoms with E-state index in [-0.39, 0.29) is 0 Å². The fourth-order valence-electron chi connectivity index (χ4n) is 1.18. The van der Waals surface area contributed by atoms with Gasteiger partial charge in [-0.15, -0.1) is 0 Å². The summed E-state index contributed by atoms with van der Waals surface area (Å²) in [5, 5.41) is 1.11. The molecule has 0 bridgehead atoms. The summed E-state index contributed by atoms with van der Waals surface area (Å²) in [6.07, 6.45) is 2.79. The number of rotatable bonds is 1. The standard InChI is InChI=1S/C9H6INO/c10-8-4-11-9-2-1-6(5-12)3-7(8)9/h1-5,11H. The molecular weight excluding hydrogens is 265 g/mol. The first-order chi connectivity index (χ1) is 5.81. The van der Waals surface area contributed by atoms with Crippen molar-refractivity contribution in [2.24, 2.45) is 0 Å². The number of carbonyl (C=O) groups is 1. The summed E-state index contributed by atoms with van der Waals surface area (Å²) in [6.45, 7) is 0. The van der Waals surface area contributed by atoms with E-state index >= 15 is 0 Å². The third-order valence-electron chi connectivity index (χ3n) is 1.79. The molecule has 0 atom stereocenters. The van der Waals surface area contributed by atoms with Gasteiger partial charge in [0, 0.05) is 26.2 Å². The lowest BCUT2D eigenvalue weighted by Crippen LogP contribution is -1.78. The van der Waals surface area contributed by atoms with Crippen molar-refractivity contribution < 1.29 is 4.79 Å². The van der Waals surface area contributed by atoms with E-state index in [9.17, 15) is 4.79 Å². The summed E-state index contributed by atoms with van der Waals surface area (Å²) >= 11 is 2.24. The second kappa shape index (κ2) is 2.90. The van der Waals surface area contributed by atoms with Crippen molar-refractivity contribution in [3.8, 4) is 0 Å². The summed E-state index contributed by atoms with van der Waals surface area (Å²) in [5.74, 6) is 0. The average Bonchev–Trinajstić information content (AvgIpc) is 2.47. The zero-order chi connectivity index (χ0) is 8.55. The molecule has 2 nitrogen and oxygen atoms in total. The Morgan fingerprint density at radius 3 is 3.00 bits per heavy atom. The fourth-order valence-corrected chi connectivity index (χ4v) is 1.78. The lowest BCUT2D eigenvalue weighted by atomic mass is 10.2. The maximum atomic E-state index is 10.5. The van der Waals surface area contributed by atoms with Gasteiger partial charge in [0.2, 0.25) is 0 Å². The van der Waals surface area contributed by atoms with E-state index in [1.807, 2.05) is 24.4 Å². The molecule has 0 aliphatic carbocycles. The number of aromatic nitrogens is 1. The molecule has 2 rings (SSSR count). The minimum atomic E-state index is 0.722. The molecule has 1 aromatic carbocycles. The summed E-state index contributed by atoms with van der Waals surface area (Å²) < 4.78 is 1.14. The molecule has 1 aromatic heterocycles. The third kappa shape index (κ3) is 1.14. The predicted molar refractivity (Wildman–Crippen MR) is 56.4 cm³/mol. The largest absolute Gasteiger partial charge is 0.360 e. The first-order valence-electron chi connectivity index (χ1n) is 3.53. The van der Waals surface area contributed by atoms with E-state index in [2.05, 4.69) is 27.6 Å². The minimum absolute atomic E-state index is 0.722. The third-order valence-corrected chi connectivity index (χ3v) is 2.68. The Balaban J connectivity index is 2.79. The van der Waals surface area contributed by atoms with Crippen molar-refractivity contribution in [3.63, 3.8) is 0 Å². The highest BCUT2D eigenvalue weighted by Gasteiger charge is 2.00. The van der Waals surface area contributed by atoms with Gasteiger partial charge in [-0.1, -0.05) is 0 Å². The monoisotopic (exact) mass is 271 g/mol. The SMILES string of the molecule is O=Cc1ccc2[nH]cc(I)c2c1. The summed E-state index contributed by atoms with van der Waals surface area (Å²) in [4.78, 5) is 13.6. The molecule has 0 unspecified atom stereocenters. The van der Waals surface area contributed by atoms with Gasteiger partial charge in [0.05, 0.1) is 0 Å². The Hall–Kier alpha value is -0.840. The number of fused-ring (bicyclic) bond motifs is 1. The molecule has 0 spiro atoms. The Morgan fingerprint density at radius 1 is 1.42 bits per heavy atom. The van der Waals surface area contributed by atoms with E-state index in [4.69, 9.17) is 0 Å². The molecule has 0 saturated heterocycles. The molecule has 2 aromatic rings. The van der Waals surface area contributed by atoms with Gasteiger partial charge in [0.1, 0.15) is 6.29 Å². The normalized spacial score (nSPS) is 10.4. The van der Waals surface area contributed by atoms with Crippen LogP contribution in [-0.2, 0) is 0 Å². The summed E-state index contributed by atoms with van der Waals surface area (Å²) in [5.41, 5.74) is 1.80. The van der Waals surface area contributed by atoms with Gasteiger partial charge in [-0.3, -0.25) is 4.79 Å². The maximum absolute atomic E-state index is 10.5. The van der Waals surface area contributed by atoms with Gasteiger partial charge in [0.15, 0.2) is 0 Å². The van der Waals surface area contributed by atoms with Crippen LogP contribution in [-0.4, -0.2) is 11.3 Å². The zero-order valence-corrected chi connectivity index (χ0v) is 8.33. The molecule has 3 heteroatoms. The van der Waals surface area contributed by atoms with Crippen LogP contribution in [0.1, 0.15) is 10.4 Å². The van der Waals surface area contributed by atoms with Crippen molar-refractivity contribution in [2.75, 3.05) is 0 Å².